The van der Waals surface area contributed by atoms with Crippen molar-refractivity contribution in [2.24, 2.45) is 0 Å². The molecule has 2 aromatic carbocycles. The standard InChI is InChI=1S/C19H19N3O2S.ClH/c1-11-18(23)21-15-10-12(7-8-17(15)25-11)19(24)22-9-3-4-13-14(20)5-2-6-16(13)22;/h2,5-8,10-11H,3-4,9,20H2,1H3,(H,21,23);1H. The van der Waals surface area contributed by atoms with Crippen LogP contribution in [0.5, 0.6) is 0 Å². The Morgan fingerprint density at radius 1 is 1.31 bits per heavy atom. The summed E-state index contributed by atoms with van der Waals surface area (Å²) in [5, 5.41) is 2.77. The molecule has 26 heavy (non-hydrogen) atoms. The van der Waals surface area contributed by atoms with Crippen LogP contribution in [-0.4, -0.2) is 23.6 Å². The van der Waals surface area contributed by atoms with Crippen LogP contribution in [0.3, 0.4) is 0 Å². The molecule has 0 aliphatic carbocycles. The van der Waals surface area contributed by atoms with Crippen molar-refractivity contribution in [3.63, 3.8) is 0 Å². The average Bonchev–Trinajstić information content (AvgIpc) is 2.62. The van der Waals surface area contributed by atoms with E-state index < -0.39 is 0 Å². The number of thioether (sulfide) groups is 1. The summed E-state index contributed by atoms with van der Waals surface area (Å²) in [5.41, 5.74) is 10.0. The SMILES string of the molecule is CC1Sc2ccc(C(=O)N3CCCc4c(N)cccc43)cc2NC1=O.Cl. The van der Waals surface area contributed by atoms with Crippen LogP contribution in [0.2, 0.25) is 0 Å². The lowest BCUT2D eigenvalue weighted by molar-refractivity contribution is -0.115. The molecule has 0 aromatic heterocycles. The second-order valence-corrected chi connectivity index (χ2v) is 7.75. The van der Waals surface area contributed by atoms with Gasteiger partial charge in [0.1, 0.15) is 0 Å². The minimum Gasteiger partial charge on any atom is -0.398 e. The van der Waals surface area contributed by atoms with Gasteiger partial charge in [-0.15, -0.1) is 24.2 Å². The molecule has 0 saturated heterocycles. The molecule has 1 atom stereocenters. The number of nitrogens with one attached hydrogen (secondary N) is 1. The van der Waals surface area contributed by atoms with E-state index in [4.69, 9.17) is 5.73 Å². The van der Waals surface area contributed by atoms with Gasteiger partial charge in [0, 0.05) is 28.4 Å². The number of hydrogen-bond acceptors (Lipinski definition) is 4. The van der Waals surface area contributed by atoms with Crippen molar-refractivity contribution >= 4 is 53.0 Å². The Labute approximate surface area is 162 Å². The Bertz CT molecular complexity index is 887. The molecule has 0 spiro atoms. The van der Waals surface area contributed by atoms with Crippen molar-refractivity contribution < 1.29 is 9.59 Å². The number of nitrogens with two attached hydrogens (primary N) is 1. The molecule has 4 rings (SSSR count). The summed E-state index contributed by atoms with van der Waals surface area (Å²) in [7, 11) is 0. The van der Waals surface area contributed by atoms with Gasteiger partial charge in [0.05, 0.1) is 10.9 Å². The van der Waals surface area contributed by atoms with Crippen LogP contribution in [-0.2, 0) is 11.2 Å². The number of rotatable bonds is 1. The van der Waals surface area contributed by atoms with Crippen LogP contribution in [0.15, 0.2) is 41.3 Å². The Balaban J connectivity index is 0.00000196. The van der Waals surface area contributed by atoms with Crippen LogP contribution in [0, 0.1) is 0 Å². The van der Waals surface area contributed by atoms with Gasteiger partial charge in [-0.05, 0) is 55.7 Å². The quantitative estimate of drug-likeness (QED) is 0.729. The molecule has 7 heteroatoms. The zero-order valence-electron chi connectivity index (χ0n) is 14.3. The predicted molar refractivity (Wildman–Crippen MR) is 108 cm³/mol. The third kappa shape index (κ3) is 3.15. The smallest absolute Gasteiger partial charge is 0.258 e. The number of anilines is 3. The topological polar surface area (TPSA) is 75.4 Å². The van der Waals surface area contributed by atoms with Gasteiger partial charge in [-0.3, -0.25) is 9.59 Å². The molecular formula is C19H20ClN3O2S. The number of carbonyl (C=O) groups excluding carboxylic acids is 2. The number of halogens is 1. The third-order valence-corrected chi connectivity index (χ3v) is 5.87. The van der Waals surface area contributed by atoms with E-state index in [1.165, 1.54) is 11.8 Å². The molecule has 3 N–H and O–H groups in total. The molecule has 2 aromatic rings. The number of fused-ring (bicyclic) bond motifs is 2. The lowest BCUT2D eigenvalue weighted by Crippen LogP contribution is -2.36. The van der Waals surface area contributed by atoms with Gasteiger partial charge in [0.15, 0.2) is 0 Å². The van der Waals surface area contributed by atoms with Gasteiger partial charge in [-0.2, -0.15) is 0 Å². The first-order valence-corrected chi connectivity index (χ1v) is 9.23. The molecule has 0 bridgehead atoms. The maximum Gasteiger partial charge on any atom is 0.258 e. The van der Waals surface area contributed by atoms with Gasteiger partial charge in [0.2, 0.25) is 5.91 Å². The molecule has 136 valence electrons. The maximum absolute atomic E-state index is 13.1. The zero-order valence-corrected chi connectivity index (χ0v) is 16.0. The second-order valence-electron chi connectivity index (χ2n) is 6.37. The Morgan fingerprint density at radius 2 is 2.12 bits per heavy atom. The molecule has 0 fully saturated rings. The van der Waals surface area contributed by atoms with Crippen molar-refractivity contribution in [1.82, 2.24) is 0 Å². The lowest BCUT2D eigenvalue weighted by Gasteiger charge is -2.30. The minimum absolute atomic E-state index is 0. The maximum atomic E-state index is 13.1. The highest BCUT2D eigenvalue weighted by Gasteiger charge is 2.27. The molecule has 0 saturated carbocycles. The van der Waals surface area contributed by atoms with Crippen LogP contribution in [0.25, 0.3) is 0 Å². The summed E-state index contributed by atoms with van der Waals surface area (Å²) in [5.74, 6) is -0.0922. The van der Waals surface area contributed by atoms with Crippen LogP contribution in [0.4, 0.5) is 17.1 Å². The van der Waals surface area contributed by atoms with E-state index in [1.54, 1.807) is 11.0 Å². The first kappa shape index (κ1) is 18.6. The minimum atomic E-state index is -0.119. The van der Waals surface area contributed by atoms with Crippen molar-refractivity contribution in [2.75, 3.05) is 22.5 Å². The molecule has 0 radical (unpaired) electrons. The second kappa shape index (κ2) is 7.21. The van der Waals surface area contributed by atoms with Crippen molar-refractivity contribution in [3.05, 3.63) is 47.5 Å². The van der Waals surface area contributed by atoms with Crippen molar-refractivity contribution in [2.45, 2.75) is 29.9 Å². The molecule has 2 heterocycles. The summed E-state index contributed by atoms with van der Waals surface area (Å²) >= 11 is 1.51. The first-order chi connectivity index (χ1) is 12.0. The van der Waals surface area contributed by atoms with E-state index in [1.807, 2.05) is 37.3 Å². The summed E-state index contributed by atoms with van der Waals surface area (Å²) in [4.78, 5) is 27.8. The predicted octanol–water partition coefficient (Wildman–Crippen LogP) is 3.72. The number of nitrogen functional groups attached to an aromatic ring is 1. The van der Waals surface area contributed by atoms with Gasteiger partial charge < -0.3 is 16.0 Å². The Morgan fingerprint density at radius 3 is 2.92 bits per heavy atom. The summed E-state index contributed by atoms with van der Waals surface area (Å²) in [6.45, 7) is 2.54. The highest BCUT2D eigenvalue weighted by atomic mass is 35.5. The Hall–Kier alpha value is -2.18. The average molecular weight is 390 g/mol. The van der Waals surface area contributed by atoms with E-state index >= 15 is 0 Å². The summed E-state index contributed by atoms with van der Waals surface area (Å²) < 4.78 is 0. The number of amides is 2. The molecule has 2 amide bonds. The largest absolute Gasteiger partial charge is 0.398 e. The Kier molecular flexibility index (Phi) is 5.16. The van der Waals surface area contributed by atoms with E-state index in [0.717, 1.165) is 34.7 Å². The van der Waals surface area contributed by atoms with E-state index in [-0.39, 0.29) is 29.5 Å². The fraction of sp³-hybridized carbons (Fsp3) is 0.263. The van der Waals surface area contributed by atoms with Gasteiger partial charge in [-0.1, -0.05) is 6.07 Å². The van der Waals surface area contributed by atoms with Crippen LogP contribution in [0.1, 0.15) is 29.3 Å². The number of benzene rings is 2. The van der Waals surface area contributed by atoms with Crippen molar-refractivity contribution in [1.29, 1.82) is 0 Å². The van der Waals surface area contributed by atoms with Crippen molar-refractivity contribution in [3.8, 4) is 0 Å². The first-order valence-electron chi connectivity index (χ1n) is 8.35. The number of nitrogens with zero attached hydrogens (tertiary/aromatic N) is 1. The fourth-order valence-corrected chi connectivity index (χ4v) is 4.29. The molecule has 2 aliphatic rings. The van der Waals surface area contributed by atoms with E-state index in [0.29, 0.717) is 17.8 Å². The molecule has 1 unspecified atom stereocenters. The van der Waals surface area contributed by atoms with Crippen LogP contribution < -0.4 is 16.0 Å². The van der Waals surface area contributed by atoms with Gasteiger partial charge >= 0.3 is 0 Å². The molecule has 5 nitrogen and oxygen atoms in total. The summed E-state index contributed by atoms with van der Waals surface area (Å²) in [6, 6.07) is 11.2. The zero-order chi connectivity index (χ0) is 17.6. The van der Waals surface area contributed by atoms with E-state index in [2.05, 4.69) is 5.32 Å². The van der Waals surface area contributed by atoms with E-state index in [9.17, 15) is 9.59 Å². The van der Waals surface area contributed by atoms with Gasteiger partial charge in [0.25, 0.3) is 5.91 Å². The number of carbonyl (C=O) groups is 2. The molecule has 2 aliphatic heterocycles. The summed E-state index contributed by atoms with van der Waals surface area (Å²) in [6.07, 6.45) is 1.78. The van der Waals surface area contributed by atoms with Gasteiger partial charge in [-0.25, -0.2) is 0 Å². The highest BCUT2D eigenvalue weighted by Crippen LogP contribution is 2.37. The molecular weight excluding hydrogens is 370 g/mol. The fourth-order valence-electron chi connectivity index (χ4n) is 3.36. The lowest BCUT2D eigenvalue weighted by atomic mass is 9.99. The highest BCUT2D eigenvalue weighted by molar-refractivity contribution is 8.00. The number of hydrogen-bond donors (Lipinski definition) is 2. The third-order valence-electron chi connectivity index (χ3n) is 4.69. The van der Waals surface area contributed by atoms with Crippen LogP contribution >= 0.6 is 24.2 Å². The monoisotopic (exact) mass is 389 g/mol. The normalized spacial score (nSPS) is 18.3.